The van der Waals surface area contributed by atoms with E-state index in [1.807, 2.05) is 41.3 Å². The summed E-state index contributed by atoms with van der Waals surface area (Å²) in [6.07, 6.45) is 8.79. The van der Waals surface area contributed by atoms with E-state index in [1.165, 1.54) is 4.68 Å². The first kappa shape index (κ1) is 25.0. The molecule has 0 unspecified atom stereocenters. The number of aliphatic imine (C=N–C) groups is 1. The van der Waals surface area contributed by atoms with Gasteiger partial charge in [-0.1, -0.05) is 32.0 Å². The number of rotatable bonds is 7. The second-order valence-electron chi connectivity index (χ2n) is 9.23. The summed E-state index contributed by atoms with van der Waals surface area (Å²) < 4.78 is 1.19. The van der Waals surface area contributed by atoms with E-state index >= 15 is 0 Å². The molecular weight excluding hydrogens is 478 g/mol. The average Bonchev–Trinajstić information content (AvgIpc) is 3.10. The van der Waals surface area contributed by atoms with Crippen molar-refractivity contribution in [1.82, 2.24) is 24.6 Å². The summed E-state index contributed by atoms with van der Waals surface area (Å²) in [6.45, 7) is 5.57. The van der Waals surface area contributed by atoms with Crippen LogP contribution in [0.3, 0.4) is 0 Å². The molecule has 0 saturated carbocycles. The number of amides is 1. The van der Waals surface area contributed by atoms with Crippen LogP contribution in [-0.4, -0.2) is 49.5 Å². The zero-order valence-electron chi connectivity index (χ0n) is 21.5. The highest BCUT2D eigenvalue weighted by molar-refractivity contribution is 6.05. The number of fused-ring (bicyclic) bond motifs is 2. The van der Waals surface area contributed by atoms with Crippen molar-refractivity contribution in [2.45, 2.75) is 33.1 Å². The van der Waals surface area contributed by atoms with Gasteiger partial charge in [-0.2, -0.15) is 9.78 Å². The van der Waals surface area contributed by atoms with E-state index < -0.39 is 0 Å². The first-order chi connectivity index (χ1) is 18.5. The van der Waals surface area contributed by atoms with Gasteiger partial charge in [0.1, 0.15) is 5.84 Å². The van der Waals surface area contributed by atoms with Gasteiger partial charge in [0.25, 0.3) is 11.5 Å². The quantitative estimate of drug-likeness (QED) is 0.399. The van der Waals surface area contributed by atoms with Gasteiger partial charge in [0.05, 0.1) is 17.3 Å². The maximum Gasteiger partial charge on any atom is 0.282 e. The number of nitrogens with two attached hydrogens (primary N) is 1. The molecule has 0 radical (unpaired) electrons. The Hall–Kier alpha value is -4.66. The van der Waals surface area contributed by atoms with Crippen LogP contribution in [0.15, 0.2) is 76.4 Å². The molecule has 38 heavy (non-hydrogen) atoms. The van der Waals surface area contributed by atoms with Crippen molar-refractivity contribution in [2.24, 2.45) is 10.7 Å². The van der Waals surface area contributed by atoms with E-state index in [0.29, 0.717) is 47.4 Å². The molecule has 2 aromatic heterocycles. The minimum Gasteiger partial charge on any atom is -0.387 e. The molecule has 5 rings (SSSR count). The number of carbonyl (C=O) groups is 1. The molecule has 3 heterocycles. The van der Waals surface area contributed by atoms with Gasteiger partial charge in [0.2, 0.25) is 5.91 Å². The van der Waals surface area contributed by atoms with Crippen molar-refractivity contribution in [3.05, 3.63) is 82.5 Å². The summed E-state index contributed by atoms with van der Waals surface area (Å²) in [5, 5.41) is 5.49. The van der Waals surface area contributed by atoms with Crippen LogP contribution in [0.1, 0.15) is 38.7 Å². The Labute approximate surface area is 220 Å². The van der Waals surface area contributed by atoms with Gasteiger partial charge < -0.3 is 10.6 Å². The highest BCUT2D eigenvalue weighted by Gasteiger charge is 2.21. The second kappa shape index (κ2) is 10.8. The summed E-state index contributed by atoms with van der Waals surface area (Å²) in [4.78, 5) is 41.0. The monoisotopic (exact) mass is 507 g/mol. The first-order valence-corrected chi connectivity index (χ1v) is 12.7. The van der Waals surface area contributed by atoms with E-state index in [-0.39, 0.29) is 17.4 Å². The van der Waals surface area contributed by atoms with Crippen molar-refractivity contribution in [3.63, 3.8) is 0 Å². The van der Waals surface area contributed by atoms with Crippen LogP contribution in [0.25, 0.3) is 33.9 Å². The maximum absolute atomic E-state index is 13.2. The molecule has 0 bridgehead atoms. The fraction of sp³-hybridized carbons (Fsp3) is 0.241. The lowest BCUT2D eigenvalue weighted by Crippen LogP contribution is -2.34. The SMILES string of the molecule is CCCN(CCC)C(=O)C1=Cc2ccc(-c3ccc4c(=O)n(-c5ncccn5)ncc4c3)cc2N=C(N)C1. The molecule has 4 aromatic rings. The van der Waals surface area contributed by atoms with Crippen molar-refractivity contribution in [1.29, 1.82) is 0 Å². The summed E-state index contributed by atoms with van der Waals surface area (Å²) in [7, 11) is 0. The number of hydrogen-bond acceptors (Lipinski definition) is 7. The zero-order valence-corrected chi connectivity index (χ0v) is 21.5. The lowest BCUT2D eigenvalue weighted by molar-refractivity contribution is -0.127. The van der Waals surface area contributed by atoms with Gasteiger partial charge in [-0.15, -0.1) is 0 Å². The summed E-state index contributed by atoms with van der Waals surface area (Å²) in [6, 6.07) is 13.2. The van der Waals surface area contributed by atoms with Crippen molar-refractivity contribution >= 4 is 34.3 Å². The Morgan fingerprint density at radius 2 is 1.74 bits per heavy atom. The molecule has 9 nitrogen and oxygen atoms in total. The fourth-order valence-electron chi connectivity index (χ4n) is 4.64. The van der Waals surface area contributed by atoms with Crippen LogP contribution >= 0.6 is 0 Å². The molecule has 1 amide bonds. The minimum absolute atomic E-state index is 0.0114. The molecule has 0 atom stereocenters. The number of aromatic nitrogens is 4. The first-order valence-electron chi connectivity index (χ1n) is 12.7. The Balaban J connectivity index is 1.49. The largest absolute Gasteiger partial charge is 0.387 e. The molecule has 1 aliphatic heterocycles. The Kier molecular flexibility index (Phi) is 7.08. The standard InChI is InChI=1S/C29H29N7O2/c1-3-12-35(13-4-2)27(37)22-15-21-7-6-20(16-25(21)34-26(30)17-22)19-8-9-24-23(14-19)18-33-36(28(24)38)29-31-10-5-11-32-29/h5-11,14-16,18H,3-4,12-13,17H2,1-2H3,(H2,30,34). The van der Waals surface area contributed by atoms with Crippen LogP contribution < -0.4 is 11.3 Å². The van der Waals surface area contributed by atoms with E-state index in [0.717, 1.165) is 29.5 Å². The number of amidine groups is 1. The predicted molar refractivity (Wildman–Crippen MR) is 149 cm³/mol. The molecule has 9 heteroatoms. The molecule has 0 spiro atoms. The Bertz CT molecular complexity index is 1620. The van der Waals surface area contributed by atoms with Crippen molar-refractivity contribution in [3.8, 4) is 17.1 Å². The van der Waals surface area contributed by atoms with E-state index in [2.05, 4.69) is 33.9 Å². The van der Waals surface area contributed by atoms with Crippen molar-refractivity contribution in [2.75, 3.05) is 13.1 Å². The summed E-state index contributed by atoms with van der Waals surface area (Å²) in [5.74, 6) is 0.639. The molecule has 1 aliphatic rings. The minimum atomic E-state index is -0.290. The maximum atomic E-state index is 13.2. The topological polar surface area (TPSA) is 119 Å². The fourth-order valence-corrected chi connectivity index (χ4v) is 4.64. The highest BCUT2D eigenvalue weighted by Crippen LogP contribution is 2.33. The number of hydrogen-bond donors (Lipinski definition) is 1. The average molecular weight is 508 g/mol. The van der Waals surface area contributed by atoms with E-state index in [9.17, 15) is 9.59 Å². The van der Waals surface area contributed by atoms with Crippen LogP contribution in [0, 0.1) is 0 Å². The van der Waals surface area contributed by atoms with Gasteiger partial charge in [0, 0.05) is 48.4 Å². The summed E-state index contributed by atoms with van der Waals surface area (Å²) >= 11 is 0. The Morgan fingerprint density at radius 1 is 1.03 bits per heavy atom. The molecule has 2 aromatic carbocycles. The predicted octanol–water partition coefficient (Wildman–Crippen LogP) is 4.27. The number of benzene rings is 2. The third kappa shape index (κ3) is 4.95. The molecule has 0 saturated heterocycles. The number of nitrogens with zero attached hydrogens (tertiary/aromatic N) is 6. The normalized spacial score (nSPS) is 12.9. The third-order valence-corrected chi connectivity index (χ3v) is 6.41. The van der Waals surface area contributed by atoms with Gasteiger partial charge >= 0.3 is 0 Å². The third-order valence-electron chi connectivity index (χ3n) is 6.41. The number of carbonyl (C=O) groups excluding carboxylic acids is 1. The van der Waals surface area contributed by atoms with Crippen molar-refractivity contribution < 1.29 is 4.79 Å². The molecule has 0 aliphatic carbocycles. The van der Waals surface area contributed by atoms with Gasteiger partial charge in [0.15, 0.2) is 0 Å². The van der Waals surface area contributed by atoms with E-state index in [4.69, 9.17) is 5.73 Å². The van der Waals surface area contributed by atoms with Crippen LogP contribution in [-0.2, 0) is 4.79 Å². The van der Waals surface area contributed by atoms with Gasteiger partial charge in [-0.3, -0.25) is 9.59 Å². The highest BCUT2D eigenvalue weighted by atomic mass is 16.2. The summed E-state index contributed by atoms with van der Waals surface area (Å²) in [5.41, 5.74) is 9.98. The van der Waals surface area contributed by atoms with Gasteiger partial charge in [-0.25, -0.2) is 15.0 Å². The smallest absolute Gasteiger partial charge is 0.282 e. The van der Waals surface area contributed by atoms with Crippen LogP contribution in [0.4, 0.5) is 5.69 Å². The molecule has 192 valence electrons. The zero-order chi connectivity index (χ0) is 26.6. The van der Waals surface area contributed by atoms with Gasteiger partial charge in [-0.05, 0) is 54.3 Å². The van der Waals surface area contributed by atoms with E-state index in [1.54, 1.807) is 30.7 Å². The second-order valence-corrected chi connectivity index (χ2v) is 9.23. The van der Waals surface area contributed by atoms with Crippen LogP contribution in [0.5, 0.6) is 0 Å². The lowest BCUT2D eigenvalue weighted by atomic mass is 9.99. The Morgan fingerprint density at radius 3 is 2.47 bits per heavy atom. The molecule has 0 fully saturated rings. The molecular formula is C29H29N7O2. The lowest BCUT2D eigenvalue weighted by Gasteiger charge is -2.22. The van der Waals surface area contributed by atoms with Crippen LogP contribution in [0.2, 0.25) is 0 Å². The molecule has 2 N–H and O–H groups in total.